The van der Waals surface area contributed by atoms with Gasteiger partial charge in [-0.25, -0.2) is 8.42 Å². The number of likely N-dealkylation sites (tertiary alicyclic amines) is 1. The number of piperidine rings is 1. The van der Waals surface area contributed by atoms with E-state index in [-0.39, 0.29) is 17.7 Å². The quantitative estimate of drug-likeness (QED) is 0.730. The SMILES string of the molecule is CC1CCCCN1C(=O)CSc1nnc(-c2ccc(NS(C)(=O)=O)cc2)o1. The lowest BCUT2D eigenvalue weighted by molar-refractivity contribution is -0.131. The monoisotopic (exact) mass is 410 g/mol. The van der Waals surface area contributed by atoms with Crippen molar-refractivity contribution in [2.75, 3.05) is 23.3 Å². The Morgan fingerprint density at radius 1 is 1.30 bits per heavy atom. The lowest BCUT2D eigenvalue weighted by Crippen LogP contribution is -2.42. The highest BCUT2D eigenvalue weighted by molar-refractivity contribution is 7.99. The zero-order valence-electron chi connectivity index (χ0n) is 15.2. The molecule has 1 N–H and O–H groups in total. The maximum atomic E-state index is 12.4. The van der Waals surface area contributed by atoms with E-state index in [1.54, 1.807) is 24.3 Å². The smallest absolute Gasteiger partial charge is 0.277 e. The average Bonchev–Trinajstić information content (AvgIpc) is 3.08. The molecule has 0 radical (unpaired) electrons. The fourth-order valence-electron chi connectivity index (χ4n) is 2.95. The van der Waals surface area contributed by atoms with Gasteiger partial charge in [-0.2, -0.15) is 0 Å². The minimum absolute atomic E-state index is 0.0863. The minimum atomic E-state index is -3.32. The van der Waals surface area contributed by atoms with Crippen LogP contribution in [0.5, 0.6) is 0 Å². The summed E-state index contributed by atoms with van der Waals surface area (Å²) in [5.41, 5.74) is 1.13. The van der Waals surface area contributed by atoms with E-state index in [1.165, 1.54) is 18.2 Å². The molecule has 1 aliphatic rings. The van der Waals surface area contributed by atoms with Crippen molar-refractivity contribution in [1.29, 1.82) is 0 Å². The number of rotatable bonds is 6. The predicted octanol–water partition coefficient (Wildman–Crippen LogP) is 2.60. The van der Waals surface area contributed by atoms with Crippen LogP contribution < -0.4 is 4.72 Å². The molecule has 10 heteroatoms. The Morgan fingerprint density at radius 2 is 2.04 bits per heavy atom. The van der Waals surface area contributed by atoms with E-state index in [0.717, 1.165) is 25.6 Å². The summed E-state index contributed by atoms with van der Waals surface area (Å²) >= 11 is 1.23. The van der Waals surface area contributed by atoms with Crippen molar-refractivity contribution < 1.29 is 17.6 Å². The van der Waals surface area contributed by atoms with Gasteiger partial charge in [0.25, 0.3) is 5.22 Å². The zero-order valence-corrected chi connectivity index (χ0v) is 16.8. The minimum Gasteiger partial charge on any atom is -0.411 e. The molecule has 1 unspecified atom stereocenters. The molecular weight excluding hydrogens is 388 g/mol. The normalized spacial score (nSPS) is 17.7. The van der Waals surface area contributed by atoms with Gasteiger partial charge in [0.05, 0.1) is 12.0 Å². The van der Waals surface area contributed by atoms with Gasteiger partial charge in [-0.1, -0.05) is 11.8 Å². The van der Waals surface area contributed by atoms with Gasteiger partial charge >= 0.3 is 0 Å². The number of aromatic nitrogens is 2. The van der Waals surface area contributed by atoms with Crippen LogP contribution >= 0.6 is 11.8 Å². The van der Waals surface area contributed by atoms with E-state index in [0.29, 0.717) is 22.4 Å². The number of hydrogen-bond donors (Lipinski definition) is 1. The number of carbonyl (C=O) groups is 1. The molecule has 27 heavy (non-hydrogen) atoms. The summed E-state index contributed by atoms with van der Waals surface area (Å²) in [6.07, 6.45) is 4.36. The third-order valence-corrected chi connectivity index (χ3v) is 5.69. The van der Waals surface area contributed by atoms with E-state index < -0.39 is 10.0 Å². The molecule has 1 atom stereocenters. The van der Waals surface area contributed by atoms with Crippen molar-refractivity contribution in [3.05, 3.63) is 24.3 Å². The van der Waals surface area contributed by atoms with Crippen LogP contribution in [0.1, 0.15) is 26.2 Å². The fourth-order valence-corrected chi connectivity index (χ4v) is 4.17. The molecule has 3 rings (SSSR count). The molecule has 0 aliphatic carbocycles. The van der Waals surface area contributed by atoms with Crippen molar-refractivity contribution in [1.82, 2.24) is 15.1 Å². The van der Waals surface area contributed by atoms with Crippen LogP contribution in [0.4, 0.5) is 5.69 Å². The number of amides is 1. The number of nitrogens with zero attached hydrogens (tertiary/aromatic N) is 3. The first-order chi connectivity index (χ1) is 12.8. The molecule has 0 spiro atoms. The van der Waals surface area contributed by atoms with Gasteiger partial charge in [-0.05, 0) is 50.5 Å². The van der Waals surface area contributed by atoms with Crippen molar-refractivity contribution in [3.8, 4) is 11.5 Å². The second-order valence-corrected chi connectivity index (χ2v) is 9.22. The third kappa shape index (κ3) is 5.46. The molecule has 2 aromatic rings. The molecule has 0 saturated carbocycles. The zero-order chi connectivity index (χ0) is 19.4. The summed E-state index contributed by atoms with van der Waals surface area (Å²) in [6.45, 7) is 2.89. The maximum absolute atomic E-state index is 12.4. The molecule has 2 heterocycles. The maximum Gasteiger partial charge on any atom is 0.277 e. The number of hydrogen-bond acceptors (Lipinski definition) is 7. The van der Waals surface area contributed by atoms with E-state index >= 15 is 0 Å². The fraction of sp³-hybridized carbons (Fsp3) is 0.471. The van der Waals surface area contributed by atoms with Crippen molar-refractivity contribution >= 4 is 33.4 Å². The second-order valence-electron chi connectivity index (χ2n) is 6.55. The van der Waals surface area contributed by atoms with Crippen LogP contribution in [0.25, 0.3) is 11.5 Å². The molecule has 1 amide bonds. The summed E-state index contributed by atoms with van der Waals surface area (Å²) in [4.78, 5) is 14.3. The first-order valence-corrected chi connectivity index (χ1v) is 11.5. The molecule has 1 aliphatic heterocycles. The number of carbonyl (C=O) groups excluding carboxylic acids is 1. The molecule has 8 nitrogen and oxygen atoms in total. The average molecular weight is 411 g/mol. The van der Waals surface area contributed by atoms with Gasteiger partial charge in [0.1, 0.15) is 0 Å². The van der Waals surface area contributed by atoms with E-state index in [9.17, 15) is 13.2 Å². The van der Waals surface area contributed by atoms with E-state index in [2.05, 4.69) is 21.8 Å². The summed E-state index contributed by atoms with van der Waals surface area (Å²) in [5, 5.41) is 8.30. The number of nitrogens with one attached hydrogen (secondary N) is 1. The molecule has 1 saturated heterocycles. The Bertz CT molecular complexity index is 896. The molecular formula is C17H22N4O4S2. The predicted molar refractivity (Wildman–Crippen MR) is 104 cm³/mol. The number of anilines is 1. The highest BCUT2D eigenvalue weighted by Gasteiger charge is 2.23. The summed E-state index contributed by atoms with van der Waals surface area (Å²) < 4.78 is 30.5. The van der Waals surface area contributed by atoms with Gasteiger partial charge < -0.3 is 9.32 Å². The summed E-state index contributed by atoms with van der Waals surface area (Å²) in [7, 11) is -3.32. The third-order valence-electron chi connectivity index (χ3n) is 4.28. The molecule has 1 aromatic carbocycles. The largest absolute Gasteiger partial charge is 0.411 e. The summed E-state index contributed by atoms with van der Waals surface area (Å²) in [6, 6.07) is 6.90. The molecule has 0 bridgehead atoms. The van der Waals surface area contributed by atoms with Crippen molar-refractivity contribution in [2.45, 2.75) is 37.5 Å². The molecule has 146 valence electrons. The number of thioether (sulfide) groups is 1. The Balaban J connectivity index is 1.59. The Kier molecular flexibility index (Phi) is 6.05. The Labute approximate surface area is 162 Å². The lowest BCUT2D eigenvalue weighted by atomic mass is 10.0. The van der Waals surface area contributed by atoms with Crippen LogP contribution in [0.3, 0.4) is 0 Å². The van der Waals surface area contributed by atoms with Crippen LogP contribution in [-0.4, -0.2) is 54.0 Å². The van der Waals surface area contributed by atoms with Gasteiger partial charge in [0, 0.05) is 23.8 Å². The first kappa shape index (κ1) is 19.7. The Morgan fingerprint density at radius 3 is 2.70 bits per heavy atom. The molecule has 1 fully saturated rings. The van der Waals surface area contributed by atoms with Crippen molar-refractivity contribution in [3.63, 3.8) is 0 Å². The summed E-state index contributed by atoms with van der Waals surface area (Å²) in [5.74, 6) is 0.675. The van der Waals surface area contributed by atoms with Crippen LogP contribution in [0.15, 0.2) is 33.9 Å². The standard InChI is InChI=1S/C17H22N4O4S2/c1-12-5-3-4-10-21(12)15(22)11-26-17-19-18-16(25-17)13-6-8-14(9-7-13)20-27(2,23)24/h6-9,12,20H,3-5,10-11H2,1-2H3. The lowest BCUT2D eigenvalue weighted by Gasteiger charge is -2.33. The highest BCUT2D eigenvalue weighted by atomic mass is 32.2. The van der Waals surface area contributed by atoms with E-state index in [1.807, 2.05) is 4.90 Å². The van der Waals surface area contributed by atoms with Gasteiger partial charge in [0.2, 0.25) is 21.8 Å². The van der Waals surface area contributed by atoms with Gasteiger partial charge in [-0.3, -0.25) is 9.52 Å². The van der Waals surface area contributed by atoms with E-state index in [4.69, 9.17) is 4.42 Å². The van der Waals surface area contributed by atoms with Gasteiger partial charge in [0.15, 0.2) is 0 Å². The van der Waals surface area contributed by atoms with Crippen LogP contribution in [0, 0.1) is 0 Å². The van der Waals surface area contributed by atoms with Gasteiger partial charge in [-0.15, -0.1) is 10.2 Å². The molecule has 1 aromatic heterocycles. The highest BCUT2D eigenvalue weighted by Crippen LogP contribution is 2.25. The van der Waals surface area contributed by atoms with Crippen LogP contribution in [-0.2, 0) is 14.8 Å². The first-order valence-electron chi connectivity index (χ1n) is 8.66. The second kappa shape index (κ2) is 8.30. The topological polar surface area (TPSA) is 105 Å². The van der Waals surface area contributed by atoms with Crippen LogP contribution in [0.2, 0.25) is 0 Å². The van der Waals surface area contributed by atoms with Crippen molar-refractivity contribution in [2.24, 2.45) is 0 Å². The Hall–Kier alpha value is -2.07. The number of sulfonamides is 1. The number of benzene rings is 1.